The van der Waals surface area contributed by atoms with Crippen LogP contribution in [-0.4, -0.2) is 21.1 Å². The first kappa shape index (κ1) is 12.1. The zero-order valence-corrected chi connectivity index (χ0v) is 10.5. The monoisotopic (exact) mass is 233 g/mol. The molecule has 4 nitrogen and oxygen atoms in total. The molecule has 92 valence electrons. The molecule has 0 aliphatic rings. The van der Waals surface area contributed by atoms with Crippen molar-refractivity contribution < 1.29 is 5.11 Å². The van der Waals surface area contributed by atoms with E-state index in [1.54, 1.807) is 0 Å². The quantitative estimate of drug-likeness (QED) is 0.849. The van der Waals surface area contributed by atoms with Gasteiger partial charge in [0.05, 0.1) is 23.9 Å². The highest BCUT2D eigenvalue weighted by molar-refractivity contribution is 5.55. The number of aliphatic hydroxyl groups excluding tert-OH is 1. The van der Waals surface area contributed by atoms with E-state index in [4.69, 9.17) is 10.8 Å². The molecule has 0 spiro atoms. The first-order valence-corrected chi connectivity index (χ1v) is 5.89. The number of nitrogens with two attached hydrogens (primary N) is 1. The van der Waals surface area contributed by atoms with Gasteiger partial charge in [-0.15, -0.1) is 0 Å². The van der Waals surface area contributed by atoms with E-state index >= 15 is 0 Å². The summed E-state index contributed by atoms with van der Waals surface area (Å²) in [5.41, 5.74) is 8.83. The van der Waals surface area contributed by atoms with Crippen molar-refractivity contribution in [1.82, 2.24) is 9.38 Å². The topological polar surface area (TPSA) is 63.5 Å². The van der Waals surface area contributed by atoms with Crippen LogP contribution in [0, 0.1) is 6.92 Å². The molecule has 1 unspecified atom stereocenters. The number of aryl methyl sites for hydroxylation is 1. The van der Waals surface area contributed by atoms with E-state index in [-0.39, 0.29) is 12.6 Å². The molecular formula is C13H19N3O. The van der Waals surface area contributed by atoms with E-state index in [0.717, 1.165) is 22.6 Å². The summed E-state index contributed by atoms with van der Waals surface area (Å²) < 4.78 is 2.09. The zero-order chi connectivity index (χ0) is 12.6. The van der Waals surface area contributed by atoms with Crippen molar-refractivity contribution >= 4 is 5.52 Å². The summed E-state index contributed by atoms with van der Waals surface area (Å²) in [6, 6.07) is 3.63. The minimum absolute atomic E-state index is 0.0413. The Hall–Kier alpha value is -1.39. The highest BCUT2D eigenvalue weighted by atomic mass is 16.3. The predicted molar refractivity (Wildman–Crippen MR) is 68.0 cm³/mol. The Morgan fingerprint density at radius 1 is 1.47 bits per heavy atom. The Morgan fingerprint density at radius 2 is 2.18 bits per heavy atom. The van der Waals surface area contributed by atoms with E-state index in [9.17, 15) is 0 Å². The number of nitrogens with zero attached hydrogens (tertiary/aromatic N) is 2. The number of pyridine rings is 1. The molecule has 0 aliphatic heterocycles. The second-order valence-corrected chi connectivity index (χ2v) is 4.71. The maximum Gasteiger partial charge on any atom is 0.116 e. The molecule has 0 amide bonds. The fraction of sp³-hybridized carbons (Fsp3) is 0.462. The van der Waals surface area contributed by atoms with Crippen molar-refractivity contribution in [3.63, 3.8) is 0 Å². The number of hydrogen-bond acceptors (Lipinski definition) is 3. The van der Waals surface area contributed by atoms with Gasteiger partial charge in [0.15, 0.2) is 0 Å². The van der Waals surface area contributed by atoms with Gasteiger partial charge in [0.1, 0.15) is 5.82 Å². The van der Waals surface area contributed by atoms with Gasteiger partial charge < -0.3 is 15.2 Å². The molecule has 0 aliphatic carbocycles. The number of imidazole rings is 1. The van der Waals surface area contributed by atoms with Crippen LogP contribution < -0.4 is 5.73 Å². The van der Waals surface area contributed by atoms with Crippen LogP contribution in [0.5, 0.6) is 0 Å². The van der Waals surface area contributed by atoms with Crippen LogP contribution in [0.25, 0.3) is 5.52 Å². The van der Waals surface area contributed by atoms with Crippen LogP contribution in [0.4, 0.5) is 0 Å². The van der Waals surface area contributed by atoms with E-state index in [1.165, 1.54) is 0 Å². The lowest BCUT2D eigenvalue weighted by atomic mass is 10.1. The van der Waals surface area contributed by atoms with Gasteiger partial charge in [0.2, 0.25) is 0 Å². The molecule has 0 bridgehead atoms. The SMILES string of the molecule is Cc1nc(C(C)C)n2ccc(C(N)CO)cc12. The van der Waals surface area contributed by atoms with Crippen molar-refractivity contribution in [1.29, 1.82) is 0 Å². The Labute approximate surface area is 101 Å². The molecule has 0 saturated heterocycles. The molecule has 4 heteroatoms. The molecule has 0 fully saturated rings. The third-order valence-electron chi connectivity index (χ3n) is 3.02. The van der Waals surface area contributed by atoms with E-state index in [1.807, 2.05) is 25.3 Å². The van der Waals surface area contributed by atoms with Gasteiger partial charge in [-0.3, -0.25) is 0 Å². The lowest BCUT2D eigenvalue weighted by molar-refractivity contribution is 0.268. The molecule has 0 saturated carbocycles. The zero-order valence-electron chi connectivity index (χ0n) is 10.5. The standard InChI is InChI=1S/C13H19N3O/c1-8(2)13-15-9(3)12-6-10(11(14)7-17)4-5-16(12)13/h4-6,8,11,17H,7,14H2,1-3H3. The fourth-order valence-corrected chi connectivity index (χ4v) is 2.02. The van der Waals surface area contributed by atoms with Crippen LogP contribution in [0.15, 0.2) is 18.3 Å². The smallest absolute Gasteiger partial charge is 0.116 e. The molecule has 17 heavy (non-hydrogen) atoms. The highest BCUT2D eigenvalue weighted by Crippen LogP contribution is 2.21. The summed E-state index contributed by atoms with van der Waals surface area (Å²) in [6.07, 6.45) is 1.98. The van der Waals surface area contributed by atoms with Gasteiger partial charge in [-0.05, 0) is 24.6 Å². The molecule has 0 aromatic carbocycles. The van der Waals surface area contributed by atoms with E-state index < -0.39 is 0 Å². The first-order chi connectivity index (χ1) is 8.04. The number of fused-ring (bicyclic) bond motifs is 1. The molecule has 2 rings (SSSR count). The van der Waals surface area contributed by atoms with E-state index in [0.29, 0.717) is 5.92 Å². The Balaban J connectivity index is 2.59. The lowest BCUT2D eigenvalue weighted by Gasteiger charge is -2.10. The molecule has 2 heterocycles. The average Bonchev–Trinajstić information content (AvgIpc) is 2.65. The van der Waals surface area contributed by atoms with Crippen LogP contribution in [-0.2, 0) is 0 Å². The van der Waals surface area contributed by atoms with Crippen LogP contribution in [0.2, 0.25) is 0 Å². The van der Waals surface area contributed by atoms with Gasteiger partial charge in [-0.25, -0.2) is 4.98 Å². The van der Waals surface area contributed by atoms with Crippen LogP contribution in [0.1, 0.15) is 42.9 Å². The summed E-state index contributed by atoms with van der Waals surface area (Å²) in [7, 11) is 0. The van der Waals surface area contributed by atoms with Gasteiger partial charge in [0, 0.05) is 12.1 Å². The van der Waals surface area contributed by atoms with Crippen molar-refractivity contribution in [2.24, 2.45) is 5.73 Å². The molecule has 2 aromatic heterocycles. The summed E-state index contributed by atoms with van der Waals surface area (Å²) >= 11 is 0. The second-order valence-electron chi connectivity index (χ2n) is 4.71. The Bertz CT molecular complexity index is 531. The summed E-state index contributed by atoms with van der Waals surface area (Å²) in [4.78, 5) is 4.58. The molecule has 0 radical (unpaired) electrons. The normalized spacial score (nSPS) is 13.5. The maximum atomic E-state index is 9.08. The number of aromatic nitrogens is 2. The van der Waals surface area contributed by atoms with Gasteiger partial charge in [-0.2, -0.15) is 0 Å². The second kappa shape index (κ2) is 4.47. The molecule has 3 N–H and O–H groups in total. The number of hydrogen-bond donors (Lipinski definition) is 2. The first-order valence-electron chi connectivity index (χ1n) is 5.89. The van der Waals surface area contributed by atoms with E-state index in [2.05, 4.69) is 23.2 Å². The minimum atomic E-state index is -0.322. The maximum absolute atomic E-state index is 9.08. The van der Waals surface area contributed by atoms with Crippen LogP contribution >= 0.6 is 0 Å². The fourth-order valence-electron chi connectivity index (χ4n) is 2.02. The summed E-state index contributed by atoms with van der Waals surface area (Å²) in [5.74, 6) is 1.44. The van der Waals surface area contributed by atoms with Crippen molar-refractivity contribution in [2.75, 3.05) is 6.61 Å². The highest BCUT2D eigenvalue weighted by Gasteiger charge is 2.13. The Morgan fingerprint density at radius 3 is 2.76 bits per heavy atom. The molecule has 1 atom stereocenters. The minimum Gasteiger partial charge on any atom is -0.394 e. The average molecular weight is 233 g/mol. The summed E-state index contributed by atoms with van der Waals surface area (Å²) in [5, 5.41) is 9.08. The largest absolute Gasteiger partial charge is 0.394 e. The lowest BCUT2D eigenvalue weighted by Crippen LogP contribution is -2.14. The molecular weight excluding hydrogens is 214 g/mol. The van der Waals surface area contributed by atoms with Crippen molar-refractivity contribution in [3.05, 3.63) is 35.4 Å². The van der Waals surface area contributed by atoms with Gasteiger partial charge >= 0.3 is 0 Å². The van der Waals surface area contributed by atoms with Crippen molar-refractivity contribution in [2.45, 2.75) is 32.7 Å². The van der Waals surface area contributed by atoms with Crippen LogP contribution in [0.3, 0.4) is 0 Å². The summed E-state index contributed by atoms with van der Waals surface area (Å²) in [6.45, 7) is 6.21. The Kier molecular flexibility index (Phi) is 3.17. The van der Waals surface area contributed by atoms with Gasteiger partial charge in [-0.1, -0.05) is 13.8 Å². The number of aliphatic hydroxyl groups is 1. The molecule has 2 aromatic rings. The number of rotatable bonds is 3. The third-order valence-corrected chi connectivity index (χ3v) is 3.02. The van der Waals surface area contributed by atoms with Gasteiger partial charge in [0.25, 0.3) is 0 Å². The third kappa shape index (κ3) is 2.06. The predicted octanol–water partition coefficient (Wildman–Crippen LogP) is 1.76. The van der Waals surface area contributed by atoms with Crippen molar-refractivity contribution in [3.8, 4) is 0 Å².